The van der Waals surface area contributed by atoms with Crippen molar-refractivity contribution in [1.29, 1.82) is 0 Å². The third-order valence-electron chi connectivity index (χ3n) is 3.41. The van der Waals surface area contributed by atoms with Crippen molar-refractivity contribution in [3.05, 3.63) is 52.6 Å². The van der Waals surface area contributed by atoms with Crippen LogP contribution in [-0.2, 0) is 37.1 Å². The van der Waals surface area contributed by atoms with Crippen LogP contribution < -0.4 is 40.3 Å². The number of Topliss-reactive ketones (excluding diaryl/α,β-unsaturated/α-hetero) is 1. The second-order valence-corrected chi connectivity index (χ2v) is 6.85. The summed E-state index contributed by atoms with van der Waals surface area (Å²) in [7, 11) is -5.26. The van der Waals surface area contributed by atoms with Crippen LogP contribution in [0.25, 0.3) is 0 Å². The van der Waals surface area contributed by atoms with Crippen LogP contribution in [0.5, 0.6) is 5.75 Å². The molecule has 0 saturated carbocycles. The van der Waals surface area contributed by atoms with Crippen molar-refractivity contribution in [3.8, 4) is 5.75 Å². The van der Waals surface area contributed by atoms with Gasteiger partial charge in [0.15, 0.2) is 17.2 Å². The number of non-ortho nitro benzene ring substituents is 1. The zero-order valence-electron chi connectivity index (χ0n) is 16.6. The Morgan fingerprint density at radius 1 is 1.16 bits per heavy atom. The molecule has 32 heavy (non-hydrogen) atoms. The molecule has 5 N–H and O–H groups in total. The number of anilines is 2. The van der Waals surface area contributed by atoms with Gasteiger partial charge in [0, 0.05) is 42.1 Å². The van der Waals surface area contributed by atoms with Crippen LogP contribution in [0.2, 0.25) is 0 Å². The number of nitro groups is 1. The summed E-state index contributed by atoms with van der Waals surface area (Å²) in [4.78, 5) is 32.7. The number of carbonyl (C=O) groups excluding carboxylic acids is 2. The van der Waals surface area contributed by atoms with Crippen molar-refractivity contribution < 1.29 is 85.0 Å². The number of nitro benzene ring substituents is 1. The van der Waals surface area contributed by atoms with Crippen LogP contribution >= 0.6 is 0 Å². The number of carbonyl (C=O) groups is 2. The van der Waals surface area contributed by atoms with E-state index in [1.807, 2.05) is 5.43 Å². The van der Waals surface area contributed by atoms with Gasteiger partial charge in [-0.05, 0) is 12.1 Å². The van der Waals surface area contributed by atoms with E-state index in [0.29, 0.717) is 17.8 Å². The summed E-state index contributed by atoms with van der Waals surface area (Å²) in [5.41, 5.74) is 0.187. The second-order valence-electron chi connectivity index (χ2n) is 5.50. The van der Waals surface area contributed by atoms with Crippen LogP contribution in [0.4, 0.5) is 17.1 Å². The number of aromatic hydroxyl groups is 1. The number of hydrazone groups is 1. The number of nitrogens with one attached hydrogen (secondary N) is 2. The molecule has 1 amide bonds. The summed E-state index contributed by atoms with van der Waals surface area (Å²) in [6.07, 6.45) is 0. The molecule has 2 aromatic rings. The Morgan fingerprint density at radius 3 is 2.19 bits per heavy atom. The number of rotatable bonds is 7. The Hall–Kier alpha value is -2.35. The van der Waals surface area contributed by atoms with Crippen molar-refractivity contribution in [2.24, 2.45) is 5.10 Å². The molecule has 0 aromatic heterocycles. The van der Waals surface area contributed by atoms with Gasteiger partial charge < -0.3 is 20.5 Å². The molecule has 0 aliphatic carbocycles. The molecular weight excluding hydrogens is 499 g/mol. The van der Waals surface area contributed by atoms with E-state index in [1.54, 1.807) is 30.3 Å². The molecule has 0 aliphatic heterocycles. The average molecular weight is 514 g/mol. The van der Waals surface area contributed by atoms with E-state index >= 15 is 0 Å². The zero-order chi connectivity index (χ0) is 21.8. The Balaban J connectivity index is 0. The van der Waals surface area contributed by atoms with Gasteiger partial charge in [0.1, 0.15) is 20.7 Å². The Bertz CT molecular complexity index is 1130. The molecule has 0 fully saturated rings. The average Bonchev–Trinajstić information content (AvgIpc) is 2.62. The molecule has 2 aromatic carbocycles. The molecule has 0 heterocycles. The molecule has 16 heteroatoms. The predicted octanol–water partition coefficient (Wildman–Crippen LogP) is -2.62. The van der Waals surface area contributed by atoms with Gasteiger partial charge in [-0.1, -0.05) is 18.2 Å². The quantitative estimate of drug-likeness (QED) is 0.0668. The van der Waals surface area contributed by atoms with Gasteiger partial charge in [-0.2, -0.15) is 5.10 Å². The number of ketones is 1. The summed E-state index contributed by atoms with van der Waals surface area (Å²) >= 11 is 0. The van der Waals surface area contributed by atoms with Gasteiger partial charge in [0.05, 0.1) is 4.92 Å². The van der Waals surface area contributed by atoms with Crippen LogP contribution in [0.15, 0.2) is 52.5 Å². The Morgan fingerprint density at radius 2 is 1.72 bits per heavy atom. The zero-order valence-corrected chi connectivity index (χ0v) is 20.6. The van der Waals surface area contributed by atoms with Gasteiger partial charge in [-0.15, -0.1) is 0 Å². The molecular formula is C16H15CrN4NaO9S. The number of phenols is 1. The van der Waals surface area contributed by atoms with Gasteiger partial charge in [0.25, 0.3) is 11.6 Å². The van der Waals surface area contributed by atoms with E-state index in [2.05, 4.69) is 10.4 Å². The van der Waals surface area contributed by atoms with E-state index in [-0.39, 0.29) is 52.4 Å². The fraction of sp³-hybridized carbons (Fsp3) is 0.0625. The number of para-hydroxylation sites is 1. The van der Waals surface area contributed by atoms with Crippen molar-refractivity contribution in [3.63, 3.8) is 0 Å². The number of phenolic OH excluding ortho intramolecular Hbond substituents is 1. The Labute approximate surface area is 214 Å². The number of amides is 1. The smallest absolute Gasteiger partial charge is 0.744 e. The van der Waals surface area contributed by atoms with Crippen molar-refractivity contribution in [2.45, 2.75) is 11.8 Å². The maximum absolute atomic E-state index is 12.2. The molecule has 0 unspecified atom stereocenters. The largest absolute Gasteiger partial charge is 1.00 e. The number of nitrogens with zero attached hydrogens (tertiary/aromatic N) is 2. The monoisotopic (exact) mass is 514 g/mol. The molecule has 0 bridgehead atoms. The molecule has 0 spiro atoms. The van der Waals surface area contributed by atoms with Crippen LogP contribution in [0, 0.1) is 10.1 Å². The summed E-state index contributed by atoms with van der Waals surface area (Å²) in [5, 5.41) is 26.8. The molecule has 0 saturated heterocycles. The fourth-order valence-electron chi connectivity index (χ4n) is 2.09. The van der Waals surface area contributed by atoms with E-state index in [0.717, 1.165) is 6.92 Å². The van der Waals surface area contributed by atoms with Crippen molar-refractivity contribution in [1.82, 2.24) is 0 Å². The standard InChI is InChI=1S/C16H14N4O8S.Cr.Na.H2O/c1-9(21)14(16(23)17-10-5-3-2-4-6-10)19-18-12-7-11(20(24)25)8-13(15(12)22)29(26,27)28;;;/h2-8,18,22H,1H3,(H,17,23)(H,26,27,28);;;1H2/q;;+1;/p-1/b19-14+;;;. The van der Waals surface area contributed by atoms with Gasteiger partial charge in [-0.25, -0.2) is 8.42 Å². The first kappa shape index (κ1) is 31.8. The minimum Gasteiger partial charge on any atom is -0.744 e. The molecule has 0 atom stereocenters. The minimum atomic E-state index is -5.26. The molecule has 2 rings (SSSR count). The first-order valence-corrected chi connectivity index (χ1v) is 9.10. The number of hydrogen-bond acceptors (Lipinski definition) is 10. The first-order valence-electron chi connectivity index (χ1n) is 7.69. The fourth-order valence-corrected chi connectivity index (χ4v) is 2.70. The number of benzene rings is 2. The van der Waals surface area contributed by atoms with Crippen LogP contribution in [0.3, 0.4) is 0 Å². The van der Waals surface area contributed by atoms with Crippen LogP contribution in [-0.4, -0.2) is 45.9 Å². The van der Waals surface area contributed by atoms with E-state index in [4.69, 9.17) is 0 Å². The normalized spacial score (nSPS) is 10.5. The Kier molecular flexibility index (Phi) is 13.2. The van der Waals surface area contributed by atoms with Gasteiger partial charge in [0.2, 0.25) is 0 Å². The van der Waals surface area contributed by atoms with E-state index < -0.39 is 54.5 Å². The van der Waals surface area contributed by atoms with E-state index in [1.165, 1.54) is 0 Å². The third-order valence-corrected chi connectivity index (χ3v) is 4.26. The summed E-state index contributed by atoms with van der Waals surface area (Å²) < 4.78 is 33.7. The molecule has 166 valence electrons. The maximum Gasteiger partial charge on any atom is 1.00 e. The van der Waals surface area contributed by atoms with Gasteiger partial charge in [-0.3, -0.25) is 25.1 Å². The molecule has 13 nitrogen and oxygen atoms in total. The third kappa shape index (κ3) is 8.30. The second kappa shape index (κ2) is 13.3. The topological polar surface area (TPSA) is 223 Å². The number of hydrogen-bond donors (Lipinski definition) is 3. The summed E-state index contributed by atoms with van der Waals surface area (Å²) in [6.45, 7) is 1.02. The van der Waals surface area contributed by atoms with Gasteiger partial charge >= 0.3 is 29.6 Å². The van der Waals surface area contributed by atoms with Crippen molar-refractivity contribution in [2.75, 3.05) is 10.7 Å². The first-order chi connectivity index (χ1) is 13.5. The maximum atomic E-state index is 12.2. The van der Waals surface area contributed by atoms with Crippen LogP contribution in [0.1, 0.15) is 6.92 Å². The summed E-state index contributed by atoms with van der Waals surface area (Å²) in [5.74, 6) is -2.88. The predicted molar refractivity (Wildman–Crippen MR) is 103 cm³/mol. The molecule has 0 aliphatic rings. The molecule has 0 radical (unpaired) electrons. The SMILES string of the molecule is CC(=O)/C(=N\Nc1cc([N+](=O)[O-])cc(S(=O)(=O)[O-])c1O)C(=O)Nc1ccccc1.O.[Cr].[Na+]. The van der Waals surface area contributed by atoms with Crippen molar-refractivity contribution >= 4 is 44.6 Å². The minimum absolute atomic E-state index is 0. The van der Waals surface area contributed by atoms with E-state index in [9.17, 15) is 37.8 Å². The summed E-state index contributed by atoms with van der Waals surface area (Å²) in [6, 6.07) is 9.10.